The summed E-state index contributed by atoms with van der Waals surface area (Å²) < 4.78 is 11.4. The van der Waals surface area contributed by atoms with Crippen LogP contribution < -0.4 is 10.3 Å². The first-order valence-corrected chi connectivity index (χ1v) is 8.84. The Labute approximate surface area is 154 Å². The Morgan fingerprint density at radius 1 is 1.19 bits per heavy atom. The number of esters is 1. The van der Waals surface area contributed by atoms with Crippen molar-refractivity contribution in [2.24, 2.45) is 0 Å². The monoisotopic (exact) mass is 370 g/mol. The van der Waals surface area contributed by atoms with E-state index in [4.69, 9.17) is 9.47 Å². The molecule has 3 rings (SSSR count). The van der Waals surface area contributed by atoms with Crippen molar-refractivity contribution >= 4 is 27.4 Å². The molecule has 0 aliphatic rings. The van der Waals surface area contributed by atoms with E-state index in [1.54, 1.807) is 45.2 Å². The largest absolute Gasteiger partial charge is 0.482 e. The fraction of sp³-hybridized carbons (Fsp3) is 0.263. The van der Waals surface area contributed by atoms with Crippen LogP contribution in [0.2, 0.25) is 0 Å². The number of nitrogens with zero attached hydrogens (tertiary/aromatic N) is 2. The molecule has 0 N–H and O–H groups in total. The number of rotatable bonds is 4. The molecule has 2 heterocycles. The molecule has 3 aromatic rings. The second-order valence-electron chi connectivity index (χ2n) is 6.57. The molecule has 0 fully saturated rings. The van der Waals surface area contributed by atoms with Crippen LogP contribution in [0.5, 0.6) is 5.75 Å². The van der Waals surface area contributed by atoms with Gasteiger partial charge in [0.1, 0.15) is 16.4 Å². The minimum Gasteiger partial charge on any atom is -0.482 e. The second-order valence-corrected chi connectivity index (χ2v) is 7.60. The van der Waals surface area contributed by atoms with E-state index in [0.717, 1.165) is 4.70 Å². The maximum absolute atomic E-state index is 12.4. The molecule has 0 radical (unpaired) electrons. The Kier molecular flexibility index (Phi) is 4.99. The lowest BCUT2D eigenvalue weighted by atomic mass is 10.2. The van der Waals surface area contributed by atoms with Gasteiger partial charge in [-0.25, -0.2) is 4.79 Å². The zero-order chi connectivity index (χ0) is 18.7. The fourth-order valence-corrected chi connectivity index (χ4v) is 3.20. The Bertz CT molecular complexity index is 994. The van der Waals surface area contributed by atoms with Gasteiger partial charge in [0.15, 0.2) is 6.61 Å². The number of hydrogen-bond donors (Lipinski definition) is 0. The number of carbonyl (C=O) groups excluding carboxylic acids is 1. The van der Waals surface area contributed by atoms with Crippen molar-refractivity contribution in [1.29, 1.82) is 0 Å². The van der Waals surface area contributed by atoms with Gasteiger partial charge >= 0.3 is 5.97 Å². The highest BCUT2D eigenvalue weighted by molar-refractivity contribution is 7.21. The molecule has 0 aliphatic heterocycles. The van der Waals surface area contributed by atoms with Crippen LogP contribution in [0.25, 0.3) is 20.8 Å². The Balaban J connectivity index is 1.82. The molecule has 0 saturated heterocycles. The van der Waals surface area contributed by atoms with Gasteiger partial charge < -0.3 is 9.47 Å². The topological polar surface area (TPSA) is 78.4 Å². The van der Waals surface area contributed by atoms with Crippen molar-refractivity contribution < 1.29 is 14.3 Å². The molecular weight excluding hydrogens is 352 g/mol. The standard InChI is InChI=1S/C19H18N2O4S/c1-19(2,3)25-16(22)11-24-12-7-8-15-13(10-12)17(23)21-18(26-15)14-6-4-5-9-20-14/h4-10H,11H2,1-3H3. The number of hydrogen-bond acceptors (Lipinski definition) is 7. The van der Waals surface area contributed by atoms with Crippen LogP contribution in [0.1, 0.15) is 20.8 Å². The third-order valence-corrected chi connectivity index (χ3v) is 4.32. The molecule has 0 unspecified atom stereocenters. The van der Waals surface area contributed by atoms with Gasteiger partial charge in [0.05, 0.1) is 11.1 Å². The van der Waals surface area contributed by atoms with E-state index in [0.29, 0.717) is 21.8 Å². The third-order valence-electron chi connectivity index (χ3n) is 3.25. The third kappa shape index (κ3) is 4.43. The van der Waals surface area contributed by atoms with E-state index in [2.05, 4.69) is 9.97 Å². The van der Waals surface area contributed by atoms with Crippen molar-refractivity contribution in [3.05, 3.63) is 52.9 Å². The van der Waals surface area contributed by atoms with Crippen LogP contribution in [-0.4, -0.2) is 28.1 Å². The molecular formula is C19H18N2O4S. The molecule has 2 aromatic heterocycles. The summed E-state index contributed by atoms with van der Waals surface area (Å²) in [5, 5.41) is 1.00. The number of fused-ring (bicyclic) bond motifs is 1. The minimum atomic E-state index is -0.570. The summed E-state index contributed by atoms with van der Waals surface area (Å²) in [7, 11) is 0. The van der Waals surface area contributed by atoms with Gasteiger partial charge in [0, 0.05) is 10.9 Å². The Morgan fingerprint density at radius 2 is 2.00 bits per heavy atom. The summed E-state index contributed by atoms with van der Waals surface area (Å²) >= 11 is 1.37. The second kappa shape index (κ2) is 7.21. The van der Waals surface area contributed by atoms with Crippen molar-refractivity contribution in [3.63, 3.8) is 0 Å². The highest BCUT2D eigenvalue weighted by Gasteiger charge is 2.17. The number of ether oxygens (including phenoxy) is 2. The SMILES string of the molecule is CC(C)(C)OC(=O)COc1ccc2sc(-c3ccccn3)nc(=O)c2c1. The van der Waals surface area contributed by atoms with Crippen molar-refractivity contribution in [2.75, 3.05) is 6.61 Å². The van der Waals surface area contributed by atoms with E-state index < -0.39 is 11.6 Å². The molecule has 0 amide bonds. The lowest BCUT2D eigenvalue weighted by Gasteiger charge is -2.19. The first kappa shape index (κ1) is 18.0. The van der Waals surface area contributed by atoms with Crippen molar-refractivity contribution in [3.8, 4) is 16.5 Å². The van der Waals surface area contributed by atoms with Crippen LogP contribution in [0.3, 0.4) is 0 Å². The smallest absolute Gasteiger partial charge is 0.344 e. The lowest BCUT2D eigenvalue weighted by molar-refractivity contribution is -0.157. The van der Waals surface area contributed by atoms with Crippen LogP contribution in [0.15, 0.2) is 47.4 Å². The van der Waals surface area contributed by atoms with Gasteiger partial charge in [-0.2, -0.15) is 4.98 Å². The van der Waals surface area contributed by atoms with Crippen molar-refractivity contribution in [2.45, 2.75) is 26.4 Å². The molecule has 0 spiro atoms. The maximum atomic E-state index is 12.4. The molecule has 26 heavy (non-hydrogen) atoms. The fourth-order valence-electron chi connectivity index (χ4n) is 2.25. The normalized spacial score (nSPS) is 11.3. The average Bonchev–Trinajstić information content (AvgIpc) is 2.59. The van der Waals surface area contributed by atoms with Crippen molar-refractivity contribution in [1.82, 2.24) is 9.97 Å². The summed E-state index contributed by atoms with van der Waals surface area (Å²) in [6.45, 7) is 5.14. The first-order valence-electron chi connectivity index (χ1n) is 8.03. The van der Waals surface area contributed by atoms with Gasteiger partial charge in [-0.15, -0.1) is 11.3 Å². The molecule has 7 heteroatoms. The quantitative estimate of drug-likeness (QED) is 0.655. The summed E-state index contributed by atoms with van der Waals surface area (Å²) in [5.74, 6) is -0.0496. The van der Waals surface area contributed by atoms with Gasteiger partial charge in [-0.3, -0.25) is 9.78 Å². The Morgan fingerprint density at radius 3 is 2.69 bits per heavy atom. The molecule has 0 saturated carbocycles. The van der Waals surface area contributed by atoms with Gasteiger partial charge in [-0.1, -0.05) is 6.07 Å². The molecule has 0 aliphatic carbocycles. The van der Waals surface area contributed by atoms with E-state index in [1.165, 1.54) is 11.3 Å². The highest BCUT2D eigenvalue weighted by Crippen LogP contribution is 2.27. The zero-order valence-electron chi connectivity index (χ0n) is 14.7. The number of carbonyl (C=O) groups is 1. The molecule has 1 aromatic carbocycles. The lowest BCUT2D eigenvalue weighted by Crippen LogP contribution is -2.27. The summed E-state index contributed by atoms with van der Waals surface area (Å²) in [6, 6.07) is 10.5. The maximum Gasteiger partial charge on any atom is 0.344 e. The van der Waals surface area contributed by atoms with Gasteiger partial charge in [0.25, 0.3) is 5.56 Å². The van der Waals surface area contributed by atoms with Gasteiger partial charge in [0.2, 0.25) is 0 Å². The number of benzene rings is 1. The van der Waals surface area contributed by atoms with E-state index >= 15 is 0 Å². The van der Waals surface area contributed by atoms with E-state index in [-0.39, 0.29) is 12.2 Å². The summed E-state index contributed by atoms with van der Waals surface area (Å²) in [5.41, 5.74) is -0.275. The first-order chi connectivity index (χ1) is 12.3. The summed E-state index contributed by atoms with van der Waals surface area (Å²) in [6.07, 6.45) is 1.66. The van der Waals surface area contributed by atoms with E-state index in [9.17, 15) is 9.59 Å². The summed E-state index contributed by atoms with van der Waals surface area (Å²) in [4.78, 5) is 32.4. The van der Waals surface area contributed by atoms with Crippen LogP contribution in [0.4, 0.5) is 0 Å². The predicted molar refractivity (Wildman–Crippen MR) is 100 cm³/mol. The van der Waals surface area contributed by atoms with Gasteiger partial charge in [-0.05, 0) is 51.1 Å². The number of pyridine rings is 1. The number of aromatic nitrogens is 2. The molecule has 6 nitrogen and oxygen atoms in total. The highest BCUT2D eigenvalue weighted by atomic mass is 32.1. The van der Waals surface area contributed by atoms with Crippen LogP contribution >= 0.6 is 11.3 Å². The Hall–Kier alpha value is -2.80. The molecule has 134 valence electrons. The molecule has 0 bridgehead atoms. The average molecular weight is 370 g/mol. The minimum absolute atomic E-state index is 0.222. The zero-order valence-corrected chi connectivity index (χ0v) is 15.5. The predicted octanol–water partition coefficient (Wildman–Crippen LogP) is 3.44. The molecule has 0 atom stereocenters. The van der Waals surface area contributed by atoms with Crippen LogP contribution in [-0.2, 0) is 9.53 Å². The van der Waals surface area contributed by atoms with E-state index in [1.807, 2.05) is 18.2 Å². The van der Waals surface area contributed by atoms with Crippen LogP contribution in [0, 0.1) is 0 Å².